The van der Waals surface area contributed by atoms with Gasteiger partial charge in [-0.15, -0.1) is 4.41 Å². The van der Waals surface area contributed by atoms with E-state index in [1.54, 1.807) is 24.3 Å². The highest BCUT2D eigenvalue weighted by atomic mass is 32.2. The van der Waals surface area contributed by atoms with Crippen molar-refractivity contribution >= 4 is 49.4 Å². The smallest absolute Gasteiger partial charge is 0.259 e. The van der Waals surface area contributed by atoms with Crippen LogP contribution in [0.4, 0.5) is 0 Å². The van der Waals surface area contributed by atoms with E-state index in [0.717, 1.165) is 37.9 Å². The summed E-state index contributed by atoms with van der Waals surface area (Å²) >= 11 is 4.47. The van der Waals surface area contributed by atoms with Crippen molar-refractivity contribution in [1.82, 2.24) is 14.1 Å². The average molecular weight is 560 g/mol. The van der Waals surface area contributed by atoms with Crippen LogP contribution in [0.15, 0.2) is 76.5 Å². The van der Waals surface area contributed by atoms with E-state index in [2.05, 4.69) is 18.1 Å². The first kappa shape index (κ1) is 26.2. The first-order chi connectivity index (χ1) is 17.6. The molecule has 0 unspecified atom stereocenters. The molecular weight excluding hydrogens is 531 g/mol. The molecule has 5 rings (SSSR count). The van der Waals surface area contributed by atoms with Crippen molar-refractivity contribution in [2.45, 2.75) is 47.3 Å². The highest BCUT2D eigenvalue weighted by molar-refractivity contribution is 7.89. The molecule has 11 heteroatoms. The molecule has 37 heavy (non-hydrogen) atoms. The van der Waals surface area contributed by atoms with E-state index >= 15 is 0 Å². The molecule has 3 aromatic carbocycles. The summed E-state index contributed by atoms with van der Waals surface area (Å²) in [5.74, 6) is -0.531. The van der Waals surface area contributed by atoms with Crippen LogP contribution in [-0.4, -0.2) is 55.8 Å². The van der Waals surface area contributed by atoms with E-state index in [9.17, 15) is 21.6 Å². The second-order valence-corrected chi connectivity index (χ2v) is 14.2. The third-order valence-electron chi connectivity index (χ3n) is 6.83. The number of benzene rings is 3. The Hall–Kier alpha value is -2.44. The van der Waals surface area contributed by atoms with Crippen molar-refractivity contribution in [3.05, 3.63) is 72.3 Å². The Morgan fingerprint density at radius 1 is 0.973 bits per heavy atom. The van der Waals surface area contributed by atoms with Crippen LogP contribution < -0.4 is 5.43 Å². The molecule has 2 fully saturated rings. The number of rotatable bonds is 8. The lowest BCUT2D eigenvalue weighted by molar-refractivity contribution is -0.127. The number of nitrogens with one attached hydrogen (secondary N) is 1. The lowest BCUT2D eigenvalue weighted by Gasteiger charge is -2.28. The first-order valence-electron chi connectivity index (χ1n) is 12.1. The van der Waals surface area contributed by atoms with Crippen LogP contribution in [0.2, 0.25) is 0 Å². The average Bonchev–Trinajstić information content (AvgIpc) is 3.60. The number of fused-ring (bicyclic) bond motifs is 1. The number of hydrogen-bond acceptors (Lipinski definition) is 6. The Balaban J connectivity index is 1.42. The molecule has 0 aromatic heterocycles. The Bertz CT molecular complexity index is 1540. The Morgan fingerprint density at radius 3 is 2.30 bits per heavy atom. The number of aryl methyl sites for hydroxylation is 1. The molecule has 1 amide bonds. The molecule has 0 bridgehead atoms. The zero-order valence-corrected chi connectivity index (χ0v) is 22.8. The number of carbonyl (C=O) groups excluding carboxylic acids is 1. The molecule has 1 aliphatic heterocycles. The van der Waals surface area contributed by atoms with Gasteiger partial charge in [-0.3, -0.25) is 10.2 Å². The van der Waals surface area contributed by atoms with Gasteiger partial charge in [0.25, 0.3) is 15.9 Å². The normalized spacial score (nSPS) is 20.9. The summed E-state index contributed by atoms with van der Waals surface area (Å²) in [5.41, 5.74) is 3.47. The number of hydrazine groups is 1. The molecule has 2 atom stereocenters. The van der Waals surface area contributed by atoms with Gasteiger partial charge in [-0.05, 0) is 67.1 Å². The van der Waals surface area contributed by atoms with Crippen LogP contribution in [0.5, 0.6) is 0 Å². The molecular formula is C26H29N3O5S3. The predicted molar refractivity (Wildman–Crippen MR) is 145 cm³/mol. The van der Waals surface area contributed by atoms with Crippen LogP contribution in [0.1, 0.15) is 24.8 Å². The summed E-state index contributed by atoms with van der Waals surface area (Å²) in [7, 11) is -8.07. The van der Waals surface area contributed by atoms with Gasteiger partial charge in [-0.1, -0.05) is 48.0 Å². The number of amides is 1. The van der Waals surface area contributed by atoms with Crippen molar-refractivity contribution < 1.29 is 21.6 Å². The number of carbonyl (C=O) groups is 1. The molecule has 1 saturated carbocycles. The van der Waals surface area contributed by atoms with Gasteiger partial charge in [-0.25, -0.2) is 16.8 Å². The molecule has 1 saturated heterocycles. The van der Waals surface area contributed by atoms with Gasteiger partial charge >= 0.3 is 0 Å². The summed E-state index contributed by atoms with van der Waals surface area (Å²) in [6.07, 6.45) is 1.92. The minimum atomic E-state index is -4.04. The zero-order valence-electron chi connectivity index (χ0n) is 20.3. The highest BCUT2D eigenvalue weighted by Crippen LogP contribution is 2.33. The molecule has 196 valence electrons. The Kier molecular flexibility index (Phi) is 7.10. The summed E-state index contributed by atoms with van der Waals surface area (Å²) < 4.78 is 56.2. The second kappa shape index (κ2) is 10.0. The van der Waals surface area contributed by atoms with Gasteiger partial charge in [0, 0.05) is 18.3 Å². The third-order valence-corrected chi connectivity index (χ3v) is 10.8. The van der Waals surface area contributed by atoms with E-state index in [0.29, 0.717) is 0 Å². The molecule has 1 aliphatic carbocycles. The summed E-state index contributed by atoms with van der Waals surface area (Å²) in [6, 6.07) is 17.6. The van der Waals surface area contributed by atoms with Crippen molar-refractivity contribution in [1.29, 1.82) is 0 Å². The largest absolute Gasteiger partial charge is 0.274 e. The Morgan fingerprint density at radius 2 is 1.62 bits per heavy atom. The van der Waals surface area contributed by atoms with Gasteiger partial charge in [-0.2, -0.15) is 16.9 Å². The van der Waals surface area contributed by atoms with Crippen molar-refractivity contribution in [2.24, 2.45) is 5.92 Å². The summed E-state index contributed by atoms with van der Waals surface area (Å²) in [4.78, 5) is 13.6. The fraction of sp³-hybridized carbons (Fsp3) is 0.346. The molecule has 1 heterocycles. The molecule has 3 aromatic rings. The van der Waals surface area contributed by atoms with Gasteiger partial charge in [0.1, 0.15) is 6.04 Å². The van der Waals surface area contributed by atoms with Gasteiger partial charge in [0.05, 0.1) is 9.79 Å². The number of thiol groups is 1. The predicted octanol–water partition coefficient (Wildman–Crippen LogP) is 3.34. The van der Waals surface area contributed by atoms with Crippen LogP contribution >= 0.6 is 12.6 Å². The number of sulfonamides is 2. The topological polar surface area (TPSA) is 104 Å². The van der Waals surface area contributed by atoms with Crippen LogP contribution in [0, 0.1) is 12.8 Å². The van der Waals surface area contributed by atoms with Crippen LogP contribution in [0.25, 0.3) is 10.8 Å². The molecule has 2 aliphatic rings. The monoisotopic (exact) mass is 559 g/mol. The van der Waals surface area contributed by atoms with Gasteiger partial charge in [0.15, 0.2) is 0 Å². The number of hydrogen-bond donors (Lipinski definition) is 2. The minimum Gasteiger partial charge on any atom is -0.274 e. The minimum absolute atomic E-state index is 0.0453. The van der Waals surface area contributed by atoms with Crippen molar-refractivity contribution in [3.63, 3.8) is 0 Å². The molecule has 0 radical (unpaired) electrons. The van der Waals surface area contributed by atoms with E-state index in [1.165, 1.54) is 18.2 Å². The first-order valence-corrected chi connectivity index (χ1v) is 15.5. The highest BCUT2D eigenvalue weighted by Gasteiger charge is 2.44. The Labute approximate surface area is 223 Å². The van der Waals surface area contributed by atoms with Crippen molar-refractivity contribution in [3.8, 4) is 0 Å². The van der Waals surface area contributed by atoms with Crippen LogP contribution in [0.3, 0.4) is 0 Å². The quantitative estimate of drug-likeness (QED) is 0.326. The second-order valence-electron chi connectivity index (χ2n) is 9.76. The fourth-order valence-corrected chi connectivity index (χ4v) is 8.04. The van der Waals surface area contributed by atoms with E-state index in [-0.39, 0.29) is 40.5 Å². The molecule has 8 nitrogen and oxygen atoms in total. The maximum absolute atomic E-state index is 13.6. The standard InChI is InChI=1S/C26H29N3O5S3/c1-18-6-11-23(12-7-18)37(33,34)29(16-19-8-9-19)27-26(30)25-15-22(35)17-28(25)36(31,32)24-13-10-20-4-2-3-5-21(20)14-24/h2-7,10-14,19,22,25,35H,8-9,15-17H2,1H3,(H,27,30)/t22-,25+/m1/s1. The number of nitrogens with zero attached hydrogens (tertiary/aromatic N) is 2. The van der Waals surface area contributed by atoms with Gasteiger partial charge in [0.2, 0.25) is 10.0 Å². The molecule has 0 spiro atoms. The summed E-state index contributed by atoms with van der Waals surface area (Å²) in [6.45, 7) is 2.04. The van der Waals surface area contributed by atoms with E-state index in [1.807, 2.05) is 31.2 Å². The lowest BCUT2D eigenvalue weighted by atomic mass is 10.1. The van der Waals surface area contributed by atoms with E-state index < -0.39 is 32.0 Å². The van der Waals surface area contributed by atoms with Crippen molar-refractivity contribution in [2.75, 3.05) is 13.1 Å². The molecule has 1 N–H and O–H groups in total. The summed E-state index contributed by atoms with van der Waals surface area (Å²) in [5, 5.41) is 1.31. The lowest BCUT2D eigenvalue weighted by Crippen LogP contribution is -2.53. The van der Waals surface area contributed by atoms with Gasteiger partial charge < -0.3 is 0 Å². The SMILES string of the molecule is Cc1ccc(S(=O)(=O)N(CC2CC2)NC(=O)[C@@H]2C[C@@H](S)CN2S(=O)(=O)c2ccc3ccccc3c2)cc1. The third kappa shape index (κ3) is 5.42. The maximum atomic E-state index is 13.6. The fourth-order valence-electron chi connectivity index (χ4n) is 4.53. The zero-order chi connectivity index (χ0) is 26.4. The maximum Gasteiger partial charge on any atom is 0.259 e. The van der Waals surface area contributed by atoms with E-state index in [4.69, 9.17) is 0 Å². The van der Waals surface area contributed by atoms with Crippen LogP contribution in [-0.2, 0) is 24.8 Å².